The molecule has 4 heteroatoms. The molecule has 1 aromatic rings. The summed E-state index contributed by atoms with van der Waals surface area (Å²) in [7, 11) is -1.15. The first-order valence-corrected chi connectivity index (χ1v) is 7.63. The fourth-order valence-corrected chi connectivity index (χ4v) is 4.81. The van der Waals surface area contributed by atoms with E-state index in [0.29, 0.717) is 22.4 Å². The van der Waals surface area contributed by atoms with Gasteiger partial charge in [-0.3, -0.25) is 4.21 Å². The molecule has 0 saturated heterocycles. The van der Waals surface area contributed by atoms with Gasteiger partial charge in [-0.15, -0.1) is 0 Å². The van der Waals surface area contributed by atoms with Crippen molar-refractivity contribution in [2.45, 2.75) is 43.3 Å². The van der Waals surface area contributed by atoms with E-state index in [-0.39, 0.29) is 5.25 Å². The second-order valence-corrected chi connectivity index (χ2v) is 7.29. The van der Waals surface area contributed by atoms with Gasteiger partial charge in [0.1, 0.15) is 5.82 Å². The second kappa shape index (κ2) is 5.39. The molecular weight excluding hydrogens is 249 g/mol. The number of hydrogen-bond acceptors (Lipinski definition) is 2. The Morgan fingerprint density at radius 3 is 2.33 bits per heavy atom. The predicted octanol–water partition coefficient (Wildman–Crippen LogP) is 3.34. The quantitative estimate of drug-likeness (QED) is 0.837. The summed E-state index contributed by atoms with van der Waals surface area (Å²) in [6.45, 7) is 4.39. The highest BCUT2D eigenvalue weighted by molar-refractivity contribution is 7.85. The molecule has 2 nitrogen and oxygen atoms in total. The van der Waals surface area contributed by atoms with Crippen LogP contribution in [-0.4, -0.2) is 9.46 Å². The Bertz CT molecular complexity index is 433. The van der Waals surface area contributed by atoms with E-state index < -0.39 is 16.6 Å². The average molecular weight is 269 g/mol. The van der Waals surface area contributed by atoms with E-state index in [2.05, 4.69) is 13.8 Å². The van der Waals surface area contributed by atoms with Crippen LogP contribution in [0.3, 0.4) is 0 Å². The van der Waals surface area contributed by atoms with Crippen molar-refractivity contribution in [1.82, 2.24) is 0 Å². The van der Waals surface area contributed by atoms with E-state index in [9.17, 15) is 8.60 Å². The molecule has 0 aliphatic heterocycles. The fourth-order valence-electron chi connectivity index (χ4n) is 2.94. The van der Waals surface area contributed by atoms with Gasteiger partial charge in [0, 0.05) is 15.8 Å². The Kier molecular flexibility index (Phi) is 4.05. The molecule has 2 rings (SSSR count). The maximum atomic E-state index is 13.3. The molecule has 3 atom stereocenters. The van der Waals surface area contributed by atoms with Crippen LogP contribution in [-0.2, 0) is 10.8 Å². The summed E-state index contributed by atoms with van der Waals surface area (Å²) in [5.41, 5.74) is 5.95. The summed E-state index contributed by atoms with van der Waals surface area (Å²) in [6, 6.07) is 4.23. The van der Waals surface area contributed by atoms with E-state index in [1.165, 1.54) is 18.6 Å². The van der Waals surface area contributed by atoms with Crippen LogP contribution < -0.4 is 5.73 Å². The van der Waals surface area contributed by atoms with E-state index in [1.807, 2.05) is 0 Å². The smallest absolute Gasteiger partial charge is 0.126 e. The minimum absolute atomic E-state index is 0.130. The van der Waals surface area contributed by atoms with Gasteiger partial charge in [-0.2, -0.15) is 0 Å². The minimum Gasteiger partial charge on any atom is -0.399 e. The van der Waals surface area contributed by atoms with E-state index >= 15 is 0 Å². The monoisotopic (exact) mass is 269 g/mol. The number of rotatable bonds is 2. The average Bonchev–Trinajstić information content (AvgIpc) is 2.25. The SMILES string of the molecule is CC1CC(C)CC(S(=O)c2cc(N)cc(F)c2)C1. The molecule has 0 bridgehead atoms. The number of halogens is 1. The van der Waals surface area contributed by atoms with Gasteiger partial charge in [0.25, 0.3) is 0 Å². The van der Waals surface area contributed by atoms with Crippen molar-refractivity contribution in [2.24, 2.45) is 11.8 Å². The third-order valence-corrected chi connectivity index (χ3v) is 5.25. The van der Waals surface area contributed by atoms with Gasteiger partial charge in [-0.25, -0.2) is 4.39 Å². The largest absolute Gasteiger partial charge is 0.399 e. The molecule has 1 aliphatic carbocycles. The van der Waals surface area contributed by atoms with Crippen LogP contribution in [0.15, 0.2) is 23.1 Å². The van der Waals surface area contributed by atoms with E-state index in [0.717, 1.165) is 12.8 Å². The van der Waals surface area contributed by atoms with Crippen molar-refractivity contribution in [2.75, 3.05) is 5.73 Å². The van der Waals surface area contributed by atoms with Gasteiger partial charge >= 0.3 is 0 Å². The molecule has 1 saturated carbocycles. The molecule has 0 amide bonds. The lowest BCUT2D eigenvalue weighted by Gasteiger charge is -2.30. The molecule has 0 radical (unpaired) electrons. The van der Waals surface area contributed by atoms with Gasteiger partial charge in [0.15, 0.2) is 0 Å². The predicted molar refractivity (Wildman–Crippen MR) is 73.2 cm³/mol. The molecule has 18 heavy (non-hydrogen) atoms. The zero-order chi connectivity index (χ0) is 13.3. The summed E-state index contributed by atoms with van der Waals surface area (Å²) in [5, 5.41) is 0.130. The molecule has 1 aromatic carbocycles. The molecule has 3 unspecified atom stereocenters. The Balaban J connectivity index is 2.20. The zero-order valence-electron chi connectivity index (χ0n) is 10.9. The summed E-state index contributed by atoms with van der Waals surface area (Å²) in [5.74, 6) is 0.775. The summed E-state index contributed by atoms with van der Waals surface area (Å²) < 4.78 is 25.8. The first-order valence-electron chi connectivity index (χ1n) is 6.42. The first-order chi connectivity index (χ1) is 8.45. The number of nitrogens with two attached hydrogens (primary N) is 1. The molecule has 0 aromatic heterocycles. The van der Waals surface area contributed by atoms with Gasteiger partial charge in [-0.1, -0.05) is 13.8 Å². The molecule has 100 valence electrons. The Morgan fingerprint density at radius 1 is 1.17 bits per heavy atom. The highest BCUT2D eigenvalue weighted by Gasteiger charge is 2.29. The van der Waals surface area contributed by atoms with Crippen molar-refractivity contribution in [3.63, 3.8) is 0 Å². The Morgan fingerprint density at radius 2 is 1.78 bits per heavy atom. The van der Waals surface area contributed by atoms with Crippen LogP contribution in [0.2, 0.25) is 0 Å². The van der Waals surface area contributed by atoms with Crippen molar-refractivity contribution in [1.29, 1.82) is 0 Å². The first kappa shape index (κ1) is 13.5. The van der Waals surface area contributed by atoms with Crippen LogP contribution in [0, 0.1) is 17.7 Å². The topological polar surface area (TPSA) is 43.1 Å². The summed E-state index contributed by atoms with van der Waals surface area (Å²) >= 11 is 0. The van der Waals surface area contributed by atoms with Crippen LogP contribution in [0.1, 0.15) is 33.1 Å². The second-order valence-electron chi connectivity index (χ2n) is 5.56. The van der Waals surface area contributed by atoms with Gasteiger partial charge < -0.3 is 5.73 Å². The third-order valence-electron chi connectivity index (χ3n) is 3.56. The highest BCUT2D eigenvalue weighted by Crippen LogP contribution is 2.33. The number of nitrogen functional groups attached to an aromatic ring is 1. The lowest BCUT2D eigenvalue weighted by atomic mass is 9.83. The molecule has 1 aliphatic rings. The number of anilines is 1. The van der Waals surface area contributed by atoms with Crippen LogP contribution in [0.5, 0.6) is 0 Å². The maximum Gasteiger partial charge on any atom is 0.126 e. The van der Waals surface area contributed by atoms with E-state index in [4.69, 9.17) is 5.73 Å². The summed E-state index contributed by atoms with van der Waals surface area (Å²) in [4.78, 5) is 0.527. The molecule has 1 fully saturated rings. The number of hydrogen-bond donors (Lipinski definition) is 1. The standard InChI is InChI=1S/C14H20FNOS/c1-9-3-10(2)5-13(4-9)18(17)14-7-11(15)6-12(16)8-14/h6-10,13H,3-5,16H2,1-2H3. The van der Waals surface area contributed by atoms with Gasteiger partial charge in [0.2, 0.25) is 0 Å². The number of benzene rings is 1. The fraction of sp³-hybridized carbons (Fsp3) is 0.571. The maximum absolute atomic E-state index is 13.3. The van der Waals surface area contributed by atoms with Crippen molar-refractivity contribution in [3.8, 4) is 0 Å². The van der Waals surface area contributed by atoms with Crippen molar-refractivity contribution in [3.05, 3.63) is 24.0 Å². The van der Waals surface area contributed by atoms with Gasteiger partial charge in [-0.05, 0) is 49.3 Å². The van der Waals surface area contributed by atoms with Crippen molar-refractivity contribution < 1.29 is 8.60 Å². The van der Waals surface area contributed by atoms with E-state index in [1.54, 1.807) is 6.07 Å². The van der Waals surface area contributed by atoms with Crippen LogP contribution >= 0.6 is 0 Å². The minimum atomic E-state index is -1.15. The summed E-state index contributed by atoms with van der Waals surface area (Å²) in [6.07, 6.45) is 3.10. The van der Waals surface area contributed by atoms with Crippen LogP contribution in [0.4, 0.5) is 10.1 Å². The molecule has 0 spiro atoms. The lowest BCUT2D eigenvalue weighted by Crippen LogP contribution is -2.27. The normalized spacial score (nSPS) is 30.1. The van der Waals surface area contributed by atoms with Gasteiger partial charge in [0.05, 0.1) is 10.8 Å². The van der Waals surface area contributed by atoms with Crippen LogP contribution in [0.25, 0.3) is 0 Å². The molecule has 0 heterocycles. The highest BCUT2D eigenvalue weighted by atomic mass is 32.2. The molecular formula is C14H20FNOS. The third kappa shape index (κ3) is 3.10. The Labute approximate surface area is 110 Å². The zero-order valence-corrected chi connectivity index (χ0v) is 11.7. The Hall–Kier alpha value is -0.900. The van der Waals surface area contributed by atoms with Crippen molar-refractivity contribution >= 4 is 16.5 Å². The molecule has 2 N–H and O–H groups in total. The lowest BCUT2D eigenvalue weighted by molar-refractivity contribution is 0.305.